The summed E-state index contributed by atoms with van der Waals surface area (Å²) in [5.41, 5.74) is 0.197. The Morgan fingerprint density at radius 1 is 1.47 bits per heavy atom. The molecular weight excluding hydrogens is 236 g/mol. The molecule has 2 nitrogen and oxygen atoms in total. The molecule has 0 amide bonds. The Bertz CT molecular complexity index is 397. The van der Waals surface area contributed by atoms with E-state index in [0.717, 1.165) is 5.56 Å². The molecule has 92 valence electrons. The average molecular weight is 253 g/mol. The molecule has 0 aromatic heterocycles. The van der Waals surface area contributed by atoms with Crippen LogP contribution in [0.5, 0.6) is 0 Å². The number of hydrogen-bond donors (Lipinski definition) is 0. The van der Waals surface area contributed by atoms with E-state index in [4.69, 9.17) is 16.3 Å². The molecule has 0 saturated heterocycles. The van der Waals surface area contributed by atoms with Crippen molar-refractivity contribution in [3.8, 4) is 0 Å². The Hall–Kier alpha value is -1.28. The molecule has 1 aromatic carbocycles. The van der Waals surface area contributed by atoms with Crippen molar-refractivity contribution in [2.24, 2.45) is 0 Å². The van der Waals surface area contributed by atoms with Crippen molar-refractivity contribution in [1.82, 2.24) is 0 Å². The SMILES string of the molecule is C=CCC(C)(C(=O)OCC)c1ccc(Cl)cc1. The van der Waals surface area contributed by atoms with Gasteiger partial charge in [-0.05, 0) is 38.0 Å². The Balaban J connectivity index is 3.10. The molecular formula is C14H17ClO2. The minimum Gasteiger partial charge on any atom is -0.465 e. The average Bonchev–Trinajstić information content (AvgIpc) is 2.30. The third kappa shape index (κ3) is 3.10. The first-order valence-corrected chi connectivity index (χ1v) is 5.96. The topological polar surface area (TPSA) is 26.3 Å². The molecule has 17 heavy (non-hydrogen) atoms. The van der Waals surface area contributed by atoms with Crippen LogP contribution in [0.3, 0.4) is 0 Å². The molecule has 0 heterocycles. The fraction of sp³-hybridized carbons (Fsp3) is 0.357. The zero-order valence-corrected chi connectivity index (χ0v) is 11.0. The van der Waals surface area contributed by atoms with Crippen molar-refractivity contribution >= 4 is 17.6 Å². The lowest BCUT2D eigenvalue weighted by Crippen LogP contribution is -2.34. The number of benzene rings is 1. The lowest BCUT2D eigenvalue weighted by Gasteiger charge is -2.26. The number of carbonyl (C=O) groups excluding carboxylic acids is 1. The molecule has 1 rings (SSSR count). The van der Waals surface area contributed by atoms with Gasteiger partial charge in [-0.3, -0.25) is 4.79 Å². The van der Waals surface area contributed by atoms with Gasteiger partial charge in [0.15, 0.2) is 0 Å². The van der Waals surface area contributed by atoms with E-state index in [2.05, 4.69) is 6.58 Å². The van der Waals surface area contributed by atoms with E-state index in [0.29, 0.717) is 18.1 Å². The van der Waals surface area contributed by atoms with E-state index in [1.54, 1.807) is 25.1 Å². The quantitative estimate of drug-likeness (QED) is 0.590. The minimum atomic E-state index is -0.692. The maximum atomic E-state index is 12.0. The molecule has 1 aromatic rings. The van der Waals surface area contributed by atoms with Crippen LogP contribution in [0.1, 0.15) is 25.8 Å². The van der Waals surface area contributed by atoms with E-state index in [9.17, 15) is 4.79 Å². The third-order valence-corrected chi connectivity index (χ3v) is 3.01. The van der Waals surface area contributed by atoms with Crippen LogP contribution in [0.15, 0.2) is 36.9 Å². The number of halogens is 1. The zero-order chi connectivity index (χ0) is 12.9. The van der Waals surface area contributed by atoms with Crippen LogP contribution in [-0.4, -0.2) is 12.6 Å². The van der Waals surface area contributed by atoms with Crippen molar-refractivity contribution in [3.63, 3.8) is 0 Å². The van der Waals surface area contributed by atoms with Crippen LogP contribution in [0.2, 0.25) is 5.02 Å². The van der Waals surface area contributed by atoms with Gasteiger partial charge in [0.2, 0.25) is 0 Å². The molecule has 0 aliphatic carbocycles. The summed E-state index contributed by atoms with van der Waals surface area (Å²) in [5.74, 6) is -0.234. The predicted octanol–water partition coefficient (Wildman–Crippen LogP) is 3.74. The number of ether oxygens (including phenoxy) is 1. The van der Waals surface area contributed by atoms with Crippen LogP contribution >= 0.6 is 11.6 Å². The summed E-state index contributed by atoms with van der Waals surface area (Å²) in [6.45, 7) is 7.73. The second-order valence-electron chi connectivity index (χ2n) is 4.05. The molecule has 0 aliphatic rings. The van der Waals surface area contributed by atoms with E-state index < -0.39 is 5.41 Å². The van der Waals surface area contributed by atoms with E-state index in [-0.39, 0.29) is 5.97 Å². The second kappa shape index (κ2) is 5.87. The highest BCUT2D eigenvalue weighted by Crippen LogP contribution is 2.30. The van der Waals surface area contributed by atoms with Gasteiger partial charge in [0.1, 0.15) is 0 Å². The fourth-order valence-electron chi connectivity index (χ4n) is 1.72. The third-order valence-electron chi connectivity index (χ3n) is 2.76. The van der Waals surface area contributed by atoms with E-state index in [1.807, 2.05) is 19.1 Å². The number of hydrogen-bond acceptors (Lipinski definition) is 2. The molecule has 0 bridgehead atoms. The molecule has 0 aliphatic heterocycles. The van der Waals surface area contributed by atoms with Gasteiger partial charge < -0.3 is 4.74 Å². The molecule has 0 radical (unpaired) electrons. The van der Waals surface area contributed by atoms with Crippen molar-refractivity contribution < 1.29 is 9.53 Å². The van der Waals surface area contributed by atoms with Gasteiger partial charge in [-0.15, -0.1) is 6.58 Å². The van der Waals surface area contributed by atoms with Crippen LogP contribution in [0, 0.1) is 0 Å². The Morgan fingerprint density at radius 2 is 2.06 bits per heavy atom. The van der Waals surface area contributed by atoms with Crippen LogP contribution in [-0.2, 0) is 14.9 Å². The summed E-state index contributed by atoms with van der Waals surface area (Å²) in [4.78, 5) is 12.0. The highest BCUT2D eigenvalue weighted by Gasteiger charge is 2.35. The monoisotopic (exact) mass is 252 g/mol. The van der Waals surface area contributed by atoms with Gasteiger partial charge in [-0.2, -0.15) is 0 Å². The number of rotatable bonds is 5. The Kier molecular flexibility index (Phi) is 4.76. The number of allylic oxidation sites excluding steroid dienone is 1. The highest BCUT2D eigenvalue weighted by atomic mass is 35.5. The van der Waals surface area contributed by atoms with Crippen molar-refractivity contribution in [2.45, 2.75) is 25.7 Å². The highest BCUT2D eigenvalue weighted by molar-refractivity contribution is 6.30. The Morgan fingerprint density at radius 3 is 2.53 bits per heavy atom. The van der Waals surface area contributed by atoms with Crippen LogP contribution in [0.4, 0.5) is 0 Å². The predicted molar refractivity (Wildman–Crippen MR) is 70.3 cm³/mol. The lowest BCUT2D eigenvalue weighted by atomic mass is 9.79. The number of esters is 1. The van der Waals surface area contributed by atoms with Gasteiger partial charge in [0.05, 0.1) is 12.0 Å². The maximum Gasteiger partial charge on any atom is 0.316 e. The normalized spacial score (nSPS) is 13.8. The second-order valence-corrected chi connectivity index (χ2v) is 4.49. The molecule has 0 N–H and O–H groups in total. The smallest absolute Gasteiger partial charge is 0.316 e. The van der Waals surface area contributed by atoms with Crippen LogP contribution < -0.4 is 0 Å². The standard InChI is InChI=1S/C14H17ClO2/c1-4-10-14(3,13(16)17-5-2)11-6-8-12(15)9-7-11/h4,6-9H,1,5,10H2,2-3H3. The van der Waals surface area contributed by atoms with Crippen molar-refractivity contribution in [1.29, 1.82) is 0 Å². The van der Waals surface area contributed by atoms with Crippen LogP contribution in [0.25, 0.3) is 0 Å². The van der Waals surface area contributed by atoms with Crippen molar-refractivity contribution in [2.75, 3.05) is 6.61 Å². The summed E-state index contributed by atoms with van der Waals surface area (Å²) >= 11 is 5.84. The zero-order valence-electron chi connectivity index (χ0n) is 10.2. The van der Waals surface area contributed by atoms with E-state index >= 15 is 0 Å². The number of carbonyl (C=O) groups is 1. The van der Waals surface area contributed by atoms with Gasteiger partial charge in [0.25, 0.3) is 0 Å². The Labute approximate surface area is 107 Å². The summed E-state index contributed by atoms with van der Waals surface area (Å²) in [6, 6.07) is 7.25. The molecule has 1 atom stereocenters. The van der Waals surface area contributed by atoms with Gasteiger partial charge >= 0.3 is 5.97 Å². The lowest BCUT2D eigenvalue weighted by molar-refractivity contribution is -0.149. The first-order valence-electron chi connectivity index (χ1n) is 5.58. The van der Waals surface area contributed by atoms with Crippen molar-refractivity contribution in [3.05, 3.63) is 47.5 Å². The minimum absolute atomic E-state index is 0.234. The molecule has 3 heteroatoms. The summed E-state index contributed by atoms with van der Waals surface area (Å²) < 4.78 is 5.12. The molecule has 0 spiro atoms. The van der Waals surface area contributed by atoms with Gasteiger partial charge in [-0.25, -0.2) is 0 Å². The van der Waals surface area contributed by atoms with Gasteiger partial charge in [-0.1, -0.05) is 29.8 Å². The largest absolute Gasteiger partial charge is 0.465 e. The maximum absolute atomic E-state index is 12.0. The summed E-state index contributed by atoms with van der Waals surface area (Å²) in [7, 11) is 0. The molecule has 0 saturated carbocycles. The van der Waals surface area contributed by atoms with Gasteiger partial charge in [0, 0.05) is 5.02 Å². The van der Waals surface area contributed by atoms with E-state index in [1.165, 1.54) is 0 Å². The first-order chi connectivity index (χ1) is 8.04. The summed E-state index contributed by atoms with van der Waals surface area (Å²) in [6.07, 6.45) is 2.26. The molecule has 1 unspecified atom stereocenters. The first kappa shape index (κ1) is 13.8. The fourth-order valence-corrected chi connectivity index (χ4v) is 1.84. The summed E-state index contributed by atoms with van der Waals surface area (Å²) in [5, 5.41) is 0.651. The molecule has 0 fully saturated rings.